The standard InChI is InChI=1S/C23H28N2O3/c1-4-28-20-11-9-18(10-12-20)21-6-5-13-25(21)22(26)15-24-23(27)19-8-7-16(2)17(3)14-19/h7-12,14,21H,4-6,13,15H2,1-3H3,(H,24,27)/t21-/m1/s1. The molecular formula is C23H28N2O3. The van der Waals surface area contributed by atoms with Gasteiger partial charge in [-0.05, 0) is 74.6 Å². The van der Waals surface area contributed by atoms with Crippen molar-refractivity contribution in [2.75, 3.05) is 19.7 Å². The largest absolute Gasteiger partial charge is 0.494 e. The van der Waals surface area contributed by atoms with Gasteiger partial charge in [0.2, 0.25) is 5.91 Å². The van der Waals surface area contributed by atoms with Crippen LogP contribution >= 0.6 is 0 Å². The fourth-order valence-corrected chi connectivity index (χ4v) is 3.61. The second-order valence-electron chi connectivity index (χ2n) is 7.23. The number of benzene rings is 2. The molecule has 5 heteroatoms. The van der Waals surface area contributed by atoms with Gasteiger partial charge in [0.15, 0.2) is 0 Å². The van der Waals surface area contributed by atoms with Crippen LogP contribution in [0.1, 0.15) is 52.9 Å². The Bertz CT molecular complexity index is 845. The quantitative estimate of drug-likeness (QED) is 0.829. The van der Waals surface area contributed by atoms with Gasteiger partial charge in [0.1, 0.15) is 5.75 Å². The molecule has 2 aromatic carbocycles. The zero-order valence-electron chi connectivity index (χ0n) is 16.8. The Kier molecular flexibility index (Phi) is 6.34. The van der Waals surface area contributed by atoms with Gasteiger partial charge in [0, 0.05) is 12.1 Å². The van der Waals surface area contributed by atoms with E-state index in [9.17, 15) is 9.59 Å². The summed E-state index contributed by atoms with van der Waals surface area (Å²) < 4.78 is 5.49. The maximum Gasteiger partial charge on any atom is 0.251 e. The van der Waals surface area contributed by atoms with Crippen LogP contribution in [0.4, 0.5) is 0 Å². The molecule has 0 aromatic heterocycles. The van der Waals surface area contributed by atoms with Crippen LogP contribution < -0.4 is 10.1 Å². The summed E-state index contributed by atoms with van der Waals surface area (Å²) in [5, 5.41) is 2.77. The van der Waals surface area contributed by atoms with Crippen LogP contribution in [-0.2, 0) is 4.79 Å². The lowest BCUT2D eigenvalue weighted by Crippen LogP contribution is -2.39. The van der Waals surface area contributed by atoms with Crippen molar-refractivity contribution < 1.29 is 14.3 Å². The van der Waals surface area contributed by atoms with Crippen molar-refractivity contribution in [1.29, 1.82) is 0 Å². The summed E-state index contributed by atoms with van der Waals surface area (Å²) in [5.74, 6) is 0.574. The van der Waals surface area contributed by atoms with Crippen LogP contribution in [0, 0.1) is 13.8 Å². The number of carbonyl (C=O) groups is 2. The van der Waals surface area contributed by atoms with Crippen LogP contribution in [-0.4, -0.2) is 36.4 Å². The molecule has 0 radical (unpaired) electrons. The predicted molar refractivity (Wildman–Crippen MR) is 110 cm³/mol. The van der Waals surface area contributed by atoms with Crippen LogP contribution in [0.15, 0.2) is 42.5 Å². The molecule has 1 heterocycles. The Labute approximate surface area is 166 Å². The third-order valence-corrected chi connectivity index (χ3v) is 5.32. The summed E-state index contributed by atoms with van der Waals surface area (Å²) in [7, 11) is 0. The third kappa shape index (κ3) is 4.53. The molecule has 1 fully saturated rings. The monoisotopic (exact) mass is 380 g/mol. The van der Waals surface area contributed by atoms with E-state index < -0.39 is 0 Å². The van der Waals surface area contributed by atoms with Gasteiger partial charge >= 0.3 is 0 Å². The van der Waals surface area contributed by atoms with Gasteiger partial charge in [-0.2, -0.15) is 0 Å². The number of nitrogens with one attached hydrogen (secondary N) is 1. The molecule has 1 aliphatic rings. The highest BCUT2D eigenvalue weighted by atomic mass is 16.5. The first-order valence-electron chi connectivity index (χ1n) is 9.87. The van der Waals surface area contributed by atoms with Gasteiger partial charge in [0.25, 0.3) is 5.91 Å². The number of amides is 2. The molecule has 1 N–H and O–H groups in total. The highest BCUT2D eigenvalue weighted by Gasteiger charge is 2.29. The number of carbonyl (C=O) groups excluding carboxylic acids is 2. The molecule has 0 spiro atoms. The third-order valence-electron chi connectivity index (χ3n) is 5.32. The van der Waals surface area contributed by atoms with E-state index in [0.717, 1.165) is 41.8 Å². The van der Waals surface area contributed by atoms with E-state index in [2.05, 4.69) is 5.32 Å². The van der Waals surface area contributed by atoms with Crippen molar-refractivity contribution in [3.05, 3.63) is 64.7 Å². The summed E-state index contributed by atoms with van der Waals surface area (Å²) in [6.45, 7) is 7.30. The van der Waals surface area contributed by atoms with Crippen molar-refractivity contribution >= 4 is 11.8 Å². The number of aryl methyl sites for hydroxylation is 2. The molecule has 0 saturated carbocycles. The van der Waals surface area contributed by atoms with Gasteiger partial charge in [-0.25, -0.2) is 0 Å². The number of hydrogen-bond donors (Lipinski definition) is 1. The van der Waals surface area contributed by atoms with Gasteiger partial charge < -0.3 is 15.0 Å². The SMILES string of the molecule is CCOc1ccc([C@H]2CCCN2C(=O)CNC(=O)c2ccc(C)c(C)c2)cc1. The molecule has 2 amide bonds. The van der Waals surface area contributed by atoms with Crippen molar-refractivity contribution in [3.63, 3.8) is 0 Å². The number of ether oxygens (including phenoxy) is 1. The smallest absolute Gasteiger partial charge is 0.251 e. The van der Waals surface area contributed by atoms with Gasteiger partial charge in [-0.15, -0.1) is 0 Å². The first-order valence-corrected chi connectivity index (χ1v) is 9.87. The Morgan fingerprint density at radius 1 is 1.11 bits per heavy atom. The van der Waals surface area contributed by atoms with E-state index >= 15 is 0 Å². The average Bonchev–Trinajstić information content (AvgIpc) is 3.19. The van der Waals surface area contributed by atoms with E-state index in [1.165, 1.54) is 0 Å². The first-order chi connectivity index (χ1) is 13.5. The van der Waals surface area contributed by atoms with Gasteiger partial charge in [-0.1, -0.05) is 18.2 Å². The Balaban J connectivity index is 1.61. The van der Waals surface area contributed by atoms with Gasteiger partial charge in [0.05, 0.1) is 19.2 Å². The molecule has 5 nitrogen and oxygen atoms in total. The predicted octanol–water partition coefficient (Wildman–Crippen LogP) is 3.80. The number of rotatable bonds is 6. The minimum absolute atomic E-state index is 0.0132. The molecule has 148 valence electrons. The van der Waals surface area contributed by atoms with Crippen LogP contribution in [0.25, 0.3) is 0 Å². The Morgan fingerprint density at radius 2 is 1.86 bits per heavy atom. The molecule has 0 unspecified atom stereocenters. The lowest BCUT2D eigenvalue weighted by Gasteiger charge is -2.25. The summed E-state index contributed by atoms with van der Waals surface area (Å²) in [6.07, 6.45) is 1.90. The fourth-order valence-electron chi connectivity index (χ4n) is 3.61. The maximum atomic E-state index is 12.7. The minimum atomic E-state index is -0.215. The van der Waals surface area contributed by atoms with Crippen molar-refractivity contribution in [2.24, 2.45) is 0 Å². The highest BCUT2D eigenvalue weighted by Crippen LogP contribution is 2.32. The number of nitrogens with zero attached hydrogens (tertiary/aromatic N) is 1. The normalized spacial score (nSPS) is 16.1. The van der Waals surface area contributed by atoms with Crippen LogP contribution in [0.3, 0.4) is 0 Å². The van der Waals surface area contributed by atoms with Crippen molar-refractivity contribution in [2.45, 2.75) is 39.7 Å². The number of likely N-dealkylation sites (tertiary alicyclic amines) is 1. The molecule has 0 aliphatic carbocycles. The first kappa shape index (κ1) is 19.9. The topological polar surface area (TPSA) is 58.6 Å². The Hall–Kier alpha value is -2.82. The molecule has 0 bridgehead atoms. The van der Waals surface area contributed by atoms with Crippen molar-refractivity contribution in [3.8, 4) is 5.75 Å². The van der Waals surface area contributed by atoms with Gasteiger partial charge in [-0.3, -0.25) is 9.59 Å². The molecule has 28 heavy (non-hydrogen) atoms. The molecule has 2 aromatic rings. The van der Waals surface area contributed by atoms with Crippen LogP contribution in [0.2, 0.25) is 0 Å². The molecule has 1 aliphatic heterocycles. The summed E-state index contributed by atoms with van der Waals surface area (Å²) >= 11 is 0. The van der Waals surface area contributed by atoms with E-state index in [-0.39, 0.29) is 24.4 Å². The zero-order valence-corrected chi connectivity index (χ0v) is 16.8. The number of hydrogen-bond acceptors (Lipinski definition) is 3. The highest BCUT2D eigenvalue weighted by molar-refractivity contribution is 5.96. The second-order valence-corrected chi connectivity index (χ2v) is 7.23. The van der Waals surface area contributed by atoms with Crippen molar-refractivity contribution in [1.82, 2.24) is 10.2 Å². The fraction of sp³-hybridized carbons (Fsp3) is 0.391. The molecular weight excluding hydrogens is 352 g/mol. The lowest BCUT2D eigenvalue weighted by atomic mass is 10.0. The van der Waals surface area contributed by atoms with Crippen LogP contribution in [0.5, 0.6) is 5.75 Å². The molecule has 1 atom stereocenters. The lowest BCUT2D eigenvalue weighted by molar-refractivity contribution is -0.131. The van der Waals surface area contributed by atoms with E-state index in [0.29, 0.717) is 12.2 Å². The summed E-state index contributed by atoms with van der Waals surface area (Å²) in [5.41, 5.74) is 3.90. The maximum absolute atomic E-state index is 12.7. The summed E-state index contributed by atoms with van der Waals surface area (Å²) in [6, 6.07) is 13.6. The van der Waals surface area contributed by atoms with E-state index in [1.807, 2.05) is 62.1 Å². The minimum Gasteiger partial charge on any atom is -0.494 e. The summed E-state index contributed by atoms with van der Waals surface area (Å²) in [4.78, 5) is 27.0. The second kappa shape index (κ2) is 8.91. The average molecular weight is 380 g/mol. The van der Waals surface area contributed by atoms with E-state index in [1.54, 1.807) is 6.07 Å². The zero-order chi connectivity index (χ0) is 20.1. The molecule has 3 rings (SSSR count). The van der Waals surface area contributed by atoms with E-state index in [4.69, 9.17) is 4.74 Å². The molecule has 1 saturated heterocycles. The Morgan fingerprint density at radius 3 is 2.54 bits per heavy atom.